The van der Waals surface area contributed by atoms with Crippen molar-refractivity contribution in [2.75, 3.05) is 5.32 Å². The first kappa shape index (κ1) is 32.0. The van der Waals surface area contributed by atoms with Gasteiger partial charge in [0.1, 0.15) is 17.9 Å². The number of nitrogens with zero attached hydrogens (tertiary/aromatic N) is 3. The average Bonchev–Trinajstić information content (AvgIpc) is 3.32. The van der Waals surface area contributed by atoms with E-state index in [9.17, 15) is 46.2 Å². The number of aliphatic carboxylic acids is 1. The van der Waals surface area contributed by atoms with E-state index in [0.717, 1.165) is 29.2 Å². The Kier molecular flexibility index (Phi) is 11.0. The number of hydrogen-bond donors (Lipinski definition) is 3. The molecule has 1 unspecified atom stereocenters. The van der Waals surface area contributed by atoms with E-state index in [0.29, 0.717) is 5.56 Å². The number of rotatable bonds is 10. The number of hydrogen-bond acceptors (Lipinski definition) is 8. The molecule has 1 aromatic carbocycles. The normalized spacial score (nSPS) is 11.7. The van der Waals surface area contributed by atoms with Crippen molar-refractivity contribution in [1.82, 2.24) is 25.3 Å². The largest absolute Gasteiger partial charge is 1.00 e. The van der Waals surface area contributed by atoms with Crippen molar-refractivity contribution in [2.24, 2.45) is 0 Å². The number of halogens is 5. The molecule has 3 aromatic rings. The number of nitrogens with one attached hydrogen (secondary N) is 3. The standard InChI is InChI=1S/C22H19F5N6O6.Li/c23-13(5-4-12-8-29-19(35)16(24)17(12)30-20(36)21(37)38)9-33-10-15(31-32-33)18(34)28-7-11-2-1-3-14(6-11)39-22(25,26)27;/h1-3,6,8,10,13H,4-5,7,9H2,(H,28,34)(H,37,38)(H2,29,30,35,36);/q;+1/p-1. The van der Waals surface area contributed by atoms with Crippen LogP contribution in [-0.4, -0.2) is 50.3 Å². The fourth-order valence-corrected chi connectivity index (χ4v) is 3.26. The molecule has 0 aliphatic rings. The van der Waals surface area contributed by atoms with Gasteiger partial charge in [0.05, 0.1) is 18.4 Å². The molecule has 12 nitrogen and oxygen atoms in total. The molecule has 3 rings (SSSR count). The van der Waals surface area contributed by atoms with E-state index < -0.39 is 59.7 Å². The van der Waals surface area contributed by atoms with Crippen LogP contribution in [0.4, 0.5) is 27.6 Å². The van der Waals surface area contributed by atoms with E-state index in [-0.39, 0.29) is 49.5 Å². The van der Waals surface area contributed by atoms with Crippen LogP contribution < -0.4 is 44.9 Å². The third-order valence-corrected chi connectivity index (χ3v) is 5.01. The van der Waals surface area contributed by atoms with Crippen molar-refractivity contribution in [1.29, 1.82) is 0 Å². The van der Waals surface area contributed by atoms with Crippen molar-refractivity contribution in [3.8, 4) is 5.75 Å². The van der Waals surface area contributed by atoms with E-state index >= 15 is 0 Å². The van der Waals surface area contributed by atoms with Crippen LogP contribution in [0.1, 0.15) is 28.0 Å². The van der Waals surface area contributed by atoms with Gasteiger partial charge in [0, 0.05) is 12.7 Å². The summed E-state index contributed by atoms with van der Waals surface area (Å²) in [5, 5.41) is 22.0. The second-order valence-electron chi connectivity index (χ2n) is 7.91. The molecule has 2 amide bonds. The molecule has 208 valence electrons. The number of aromatic amines is 1. The molecule has 0 bridgehead atoms. The number of ether oxygens (including phenoxy) is 1. The molecule has 1 atom stereocenters. The summed E-state index contributed by atoms with van der Waals surface area (Å²) in [6.07, 6.45) is -4.93. The van der Waals surface area contributed by atoms with Gasteiger partial charge in [-0.1, -0.05) is 17.3 Å². The van der Waals surface area contributed by atoms with Crippen LogP contribution in [0.3, 0.4) is 0 Å². The number of carboxylic acids is 1. The number of H-pyrrole nitrogens is 1. The molecule has 0 saturated heterocycles. The van der Waals surface area contributed by atoms with Crippen LogP contribution in [-0.2, 0) is 29.1 Å². The Balaban J connectivity index is 0.00000560. The third kappa shape index (κ3) is 9.20. The summed E-state index contributed by atoms with van der Waals surface area (Å²) in [7, 11) is 0. The maximum absolute atomic E-state index is 14.6. The van der Waals surface area contributed by atoms with Crippen molar-refractivity contribution < 1.29 is 65.0 Å². The number of carboxylic acid groups (broad SMARTS) is 1. The van der Waals surface area contributed by atoms with Gasteiger partial charge in [-0.2, -0.15) is 4.39 Å². The fraction of sp³-hybridized carbons (Fsp3) is 0.273. The zero-order valence-corrected chi connectivity index (χ0v) is 20.6. The minimum atomic E-state index is -4.87. The molecular weight excluding hydrogens is 546 g/mol. The van der Waals surface area contributed by atoms with E-state index in [4.69, 9.17) is 0 Å². The second kappa shape index (κ2) is 13.7. The number of aromatic nitrogens is 4. The molecule has 40 heavy (non-hydrogen) atoms. The summed E-state index contributed by atoms with van der Waals surface area (Å²) < 4.78 is 70.6. The first-order chi connectivity index (χ1) is 18.3. The summed E-state index contributed by atoms with van der Waals surface area (Å²) in [6.45, 7) is -0.567. The van der Waals surface area contributed by atoms with Crippen LogP contribution in [0.5, 0.6) is 5.75 Å². The summed E-state index contributed by atoms with van der Waals surface area (Å²) in [4.78, 5) is 47.8. The number of amides is 2. The molecular formula is C22H18F5LiN6O6. The molecule has 2 heterocycles. The van der Waals surface area contributed by atoms with Crippen molar-refractivity contribution in [2.45, 2.75) is 38.5 Å². The summed E-state index contributed by atoms with van der Waals surface area (Å²) in [5.41, 5.74) is -1.96. The smallest absolute Gasteiger partial charge is 0.540 e. The van der Waals surface area contributed by atoms with Gasteiger partial charge in [0.25, 0.3) is 17.4 Å². The predicted octanol–water partition coefficient (Wildman–Crippen LogP) is -2.40. The van der Waals surface area contributed by atoms with Gasteiger partial charge >= 0.3 is 25.2 Å². The Labute approximate surface area is 233 Å². The van der Waals surface area contributed by atoms with Gasteiger partial charge in [-0.05, 0) is 36.1 Å². The quantitative estimate of drug-likeness (QED) is 0.139. The molecule has 0 fully saturated rings. The van der Waals surface area contributed by atoms with E-state index in [1.165, 1.54) is 12.1 Å². The van der Waals surface area contributed by atoms with Crippen LogP contribution >= 0.6 is 0 Å². The number of carbonyl (C=O) groups excluding carboxylic acids is 3. The maximum Gasteiger partial charge on any atom is 1.00 e. The number of benzene rings is 1. The Morgan fingerprint density at radius 2 is 1.95 bits per heavy atom. The Morgan fingerprint density at radius 3 is 2.62 bits per heavy atom. The van der Waals surface area contributed by atoms with Crippen molar-refractivity contribution in [3.05, 3.63) is 69.7 Å². The fourth-order valence-electron chi connectivity index (χ4n) is 3.26. The van der Waals surface area contributed by atoms with Crippen LogP contribution in [0.2, 0.25) is 0 Å². The number of aryl methyl sites for hydroxylation is 1. The minimum Gasteiger partial charge on any atom is -0.540 e. The molecule has 0 spiro atoms. The molecule has 3 N–H and O–H groups in total. The van der Waals surface area contributed by atoms with Crippen LogP contribution in [0.25, 0.3) is 0 Å². The van der Waals surface area contributed by atoms with E-state index in [1.807, 2.05) is 4.98 Å². The molecule has 0 aliphatic heterocycles. The van der Waals surface area contributed by atoms with E-state index in [2.05, 4.69) is 20.4 Å². The van der Waals surface area contributed by atoms with Gasteiger partial charge in [0.2, 0.25) is 5.82 Å². The average molecular weight is 564 g/mol. The minimum absolute atomic E-state index is 0. The van der Waals surface area contributed by atoms with Gasteiger partial charge in [0.15, 0.2) is 5.69 Å². The van der Waals surface area contributed by atoms with Crippen molar-refractivity contribution >= 4 is 23.5 Å². The third-order valence-electron chi connectivity index (χ3n) is 5.01. The summed E-state index contributed by atoms with van der Waals surface area (Å²) in [6, 6.07) is 4.94. The zero-order valence-electron chi connectivity index (χ0n) is 20.6. The Bertz CT molecular complexity index is 1430. The summed E-state index contributed by atoms with van der Waals surface area (Å²) in [5.74, 6) is -6.54. The van der Waals surface area contributed by atoms with E-state index in [1.54, 1.807) is 5.32 Å². The number of pyridine rings is 1. The number of carbonyl (C=O) groups is 3. The molecule has 2 aromatic heterocycles. The monoisotopic (exact) mass is 564 g/mol. The van der Waals surface area contributed by atoms with Gasteiger partial charge in [-0.3, -0.25) is 14.4 Å². The predicted molar refractivity (Wildman–Crippen MR) is 118 cm³/mol. The molecule has 0 aliphatic carbocycles. The Hall–Kier alpha value is -4.23. The Morgan fingerprint density at radius 1 is 1.23 bits per heavy atom. The van der Waals surface area contributed by atoms with Crippen LogP contribution in [0, 0.1) is 5.82 Å². The van der Waals surface area contributed by atoms with Gasteiger partial charge in [-0.15, -0.1) is 18.3 Å². The molecule has 18 heteroatoms. The first-order valence-corrected chi connectivity index (χ1v) is 10.9. The SMILES string of the molecule is O=C([O-])C(=O)Nc1c(CCC(F)Cn2cc(C(=O)NCc3cccc(OC(F)(F)F)c3)nn2)c[nH]c(=O)c1F.[Li+]. The maximum atomic E-state index is 14.6. The topological polar surface area (TPSA) is 171 Å². The van der Waals surface area contributed by atoms with Gasteiger partial charge in [-0.25, -0.2) is 9.07 Å². The number of anilines is 1. The zero-order chi connectivity index (χ0) is 28.7. The first-order valence-electron chi connectivity index (χ1n) is 10.9. The molecule has 0 saturated carbocycles. The van der Waals surface area contributed by atoms with Crippen LogP contribution in [0.15, 0.2) is 41.5 Å². The number of alkyl halides is 4. The summed E-state index contributed by atoms with van der Waals surface area (Å²) >= 11 is 0. The van der Waals surface area contributed by atoms with Crippen molar-refractivity contribution in [3.63, 3.8) is 0 Å². The van der Waals surface area contributed by atoms with Gasteiger partial charge < -0.3 is 30.3 Å². The second-order valence-corrected chi connectivity index (χ2v) is 7.91. The molecule has 0 radical (unpaired) electrons.